The molecule has 5 aliphatic rings. The second-order valence-corrected chi connectivity index (χ2v) is 12.0. The Kier molecular flexibility index (Phi) is 3.75. The van der Waals surface area contributed by atoms with Crippen LogP contribution in [0.15, 0.2) is 18.2 Å². The minimum atomic E-state index is -2.83. The summed E-state index contributed by atoms with van der Waals surface area (Å²) in [7, 11) is -2.83. The van der Waals surface area contributed by atoms with Gasteiger partial charge in [0.2, 0.25) is 0 Å². The lowest BCUT2D eigenvalue weighted by molar-refractivity contribution is -0.129. The van der Waals surface area contributed by atoms with Crippen molar-refractivity contribution >= 4 is 13.5 Å². The summed E-state index contributed by atoms with van der Waals surface area (Å²) in [5.41, 5.74) is 2.76. The Morgan fingerprint density at radius 2 is 1.82 bits per heavy atom. The summed E-state index contributed by atoms with van der Waals surface area (Å²) in [4.78, 5) is 12.5. The molecule has 1 aromatic rings. The van der Waals surface area contributed by atoms with Crippen LogP contribution in [0.4, 0.5) is 0 Å². The monoisotopic (exact) mass is 400 g/mol. The van der Waals surface area contributed by atoms with Crippen molar-refractivity contribution in [2.24, 2.45) is 17.3 Å². The molecule has 0 N–H and O–H groups in total. The van der Waals surface area contributed by atoms with Gasteiger partial charge in [-0.15, -0.1) is 0 Å². The minimum Gasteiger partial charge on any atom is -0.422 e. The van der Waals surface area contributed by atoms with Gasteiger partial charge in [-0.25, -0.2) is 13.9 Å². The normalized spacial score (nSPS) is 37.2. The molecule has 0 spiro atoms. The quantitative estimate of drug-likeness (QED) is 0.559. The van der Waals surface area contributed by atoms with E-state index >= 15 is 0 Å². The number of carbonyl (C=O) groups excluding carboxylic acids is 1. The van der Waals surface area contributed by atoms with Gasteiger partial charge in [0.1, 0.15) is 11.5 Å². The molecular weight excluding hydrogens is 371 g/mol. The topological polar surface area (TPSA) is 49.4 Å². The highest BCUT2D eigenvalue weighted by Gasteiger charge is 2.55. The molecule has 5 nitrogen and oxygen atoms in total. The van der Waals surface area contributed by atoms with Crippen molar-refractivity contribution in [1.29, 1.82) is 0 Å². The average Bonchev–Trinajstić information content (AvgIpc) is 3.58. The average molecular weight is 400 g/mol. The maximum absolute atomic E-state index is 13.3. The predicted octanol–water partition coefficient (Wildman–Crippen LogP) is 4.23. The number of carbonyl (C=O) groups is 1. The van der Waals surface area contributed by atoms with Crippen LogP contribution in [0.1, 0.15) is 56.1 Å². The Labute approximate surface area is 167 Å². The van der Waals surface area contributed by atoms with Gasteiger partial charge in [-0.3, -0.25) is 4.79 Å². The molecule has 0 unspecified atom stereocenters. The maximum Gasteiger partial charge on any atom is 0.395 e. The second kappa shape index (κ2) is 5.93. The van der Waals surface area contributed by atoms with E-state index < -0.39 is 7.67 Å². The van der Waals surface area contributed by atoms with E-state index in [0.29, 0.717) is 23.5 Å². The molecule has 2 saturated heterocycles. The zero-order chi connectivity index (χ0) is 19.1. The number of hydrogen-bond donors (Lipinski definition) is 0. The SMILES string of the molecule is C[C@]12CC[C@@H]3c4ccc(OP(=O)(N5CC5)N5CC5)cc4CC[C@@H]3[C@H]1CCC2=O. The first-order valence-electron chi connectivity index (χ1n) is 11.0. The third-order valence-corrected chi connectivity index (χ3v) is 10.9. The van der Waals surface area contributed by atoms with Gasteiger partial charge >= 0.3 is 7.67 Å². The van der Waals surface area contributed by atoms with Gasteiger partial charge in [-0.2, -0.15) is 0 Å². The standard InChI is InChI=1S/C22H29N2O3P/c1-22-9-8-18-17-5-3-16(27-28(26,23-10-11-23)24-12-13-24)14-15(17)2-4-19(18)20(22)6-7-21(22)25/h3,5,14,18-20H,2,4,6-13H2,1H3/t18-,19+,20-,22+/m1/s1. The van der Waals surface area contributed by atoms with Crippen molar-refractivity contribution in [3.63, 3.8) is 0 Å². The van der Waals surface area contributed by atoms with Crippen molar-refractivity contribution in [3.05, 3.63) is 29.3 Å². The number of ketones is 1. The molecule has 28 heavy (non-hydrogen) atoms. The van der Waals surface area contributed by atoms with Crippen LogP contribution in [0.5, 0.6) is 5.75 Å². The minimum absolute atomic E-state index is 0.0637. The fourth-order valence-corrected chi connectivity index (χ4v) is 8.58. The largest absolute Gasteiger partial charge is 0.422 e. The molecule has 3 aliphatic carbocycles. The summed E-state index contributed by atoms with van der Waals surface area (Å²) in [6, 6.07) is 6.42. The molecule has 2 saturated carbocycles. The lowest BCUT2D eigenvalue weighted by Crippen LogP contribution is -2.42. The summed E-state index contributed by atoms with van der Waals surface area (Å²) in [6.45, 7) is 5.74. The van der Waals surface area contributed by atoms with E-state index in [4.69, 9.17) is 4.52 Å². The first-order chi connectivity index (χ1) is 13.5. The van der Waals surface area contributed by atoms with Crippen molar-refractivity contribution in [1.82, 2.24) is 9.34 Å². The van der Waals surface area contributed by atoms with Crippen LogP contribution in [0.3, 0.4) is 0 Å². The van der Waals surface area contributed by atoms with Gasteiger partial charge in [0.25, 0.3) is 0 Å². The highest BCUT2D eigenvalue weighted by Crippen LogP contribution is 2.62. The first kappa shape index (κ1) is 17.7. The highest BCUT2D eigenvalue weighted by molar-refractivity contribution is 7.55. The maximum atomic E-state index is 13.3. The Hall–Kier alpha value is -1.16. The fraction of sp³-hybridized carbons (Fsp3) is 0.682. The predicted molar refractivity (Wildman–Crippen MR) is 107 cm³/mol. The summed E-state index contributed by atoms with van der Waals surface area (Å²) in [5.74, 6) is 3.05. The third kappa shape index (κ3) is 2.52. The van der Waals surface area contributed by atoms with Crippen LogP contribution in [0.2, 0.25) is 0 Å². The number of rotatable bonds is 4. The van der Waals surface area contributed by atoms with Gasteiger partial charge in [-0.1, -0.05) is 13.0 Å². The lowest BCUT2D eigenvalue weighted by atomic mass is 9.55. The molecule has 0 aromatic heterocycles. The van der Waals surface area contributed by atoms with Crippen LogP contribution in [-0.4, -0.2) is 41.3 Å². The number of Topliss-reactive ketones (excluding diaryl/α,β-unsaturated/α-hetero) is 1. The summed E-state index contributed by atoms with van der Waals surface area (Å²) in [6.07, 6.45) is 6.25. The van der Waals surface area contributed by atoms with Crippen LogP contribution in [0.25, 0.3) is 0 Å². The van der Waals surface area contributed by atoms with Crippen LogP contribution in [-0.2, 0) is 15.8 Å². The van der Waals surface area contributed by atoms with E-state index in [0.717, 1.165) is 64.0 Å². The molecule has 4 atom stereocenters. The summed E-state index contributed by atoms with van der Waals surface area (Å²) < 4.78 is 23.3. The molecule has 6 rings (SSSR count). The highest BCUT2D eigenvalue weighted by atomic mass is 31.2. The van der Waals surface area contributed by atoms with Crippen molar-refractivity contribution in [3.8, 4) is 5.75 Å². The van der Waals surface area contributed by atoms with Gasteiger partial charge < -0.3 is 4.52 Å². The van der Waals surface area contributed by atoms with Crippen LogP contribution < -0.4 is 4.52 Å². The van der Waals surface area contributed by atoms with E-state index in [-0.39, 0.29) is 5.41 Å². The molecule has 1 aromatic carbocycles. The molecular formula is C22H29N2O3P. The number of fused-ring (bicyclic) bond motifs is 5. The zero-order valence-electron chi connectivity index (χ0n) is 16.6. The van der Waals surface area contributed by atoms with E-state index in [1.54, 1.807) is 0 Å². The molecule has 4 fully saturated rings. The van der Waals surface area contributed by atoms with Crippen LogP contribution >= 0.6 is 7.67 Å². The molecule has 6 heteroatoms. The number of aryl methyl sites for hydroxylation is 1. The molecule has 150 valence electrons. The van der Waals surface area contributed by atoms with Gasteiger partial charge in [-0.05, 0) is 73.1 Å². The third-order valence-electron chi connectivity index (χ3n) is 8.19. The second-order valence-electron chi connectivity index (χ2n) is 9.68. The number of benzene rings is 1. The molecule has 2 heterocycles. The van der Waals surface area contributed by atoms with E-state index in [9.17, 15) is 9.36 Å². The lowest BCUT2D eigenvalue weighted by Gasteiger charge is -2.48. The Morgan fingerprint density at radius 1 is 1.07 bits per heavy atom. The van der Waals surface area contributed by atoms with E-state index in [1.165, 1.54) is 17.5 Å². The molecule has 2 aliphatic heterocycles. The van der Waals surface area contributed by atoms with Crippen molar-refractivity contribution < 1.29 is 13.9 Å². The Bertz CT molecular complexity index is 878. The van der Waals surface area contributed by atoms with Gasteiger partial charge in [0, 0.05) is 38.0 Å². The summed E-state index contributed by atoms with van der Waals surface area (Å²) >= 11 is 0. The van der Waals surface area contributed by atoms with Crippen molar-refractivity contribution in [2.75, 3.05) is 26.2 Å². The van der Waals surface area contributed by atoms with Gasteiger partial charge in [0.05, 0.1) is 0 Å². The molecule has 0 amide bonds. The number of hydrogen-bond acceptors (Lipinski definition) is 3. The Morgan fingerprint density at radius 3 is 2.54 bits per heavy atom. The first-order valence-corrected chi connectivity index (χ1v) is 12.5. The van der Waals surface area contributed by atoms with Gasteiger partial charge in [0.15, 0.2) is 0 Å². The van der Waals surface area contributed by atoms with E-state index in [1.807, 2.05) is 15.4 Å². The van der Waals surface area contributed by atoms with Crippen LogP contribution in [0, 0.1) is 17.3 Å². The number of nitrogens with zero attached hydrogens (tertiary/aromatic N) is 2. The van der Waals surface area contributed by atoms with Crippen molar-refractivity contribution in [2.45, 2.75) is 51.4 Å². The smallest absolute Gasteiger partial charge is 0.395 e. The van der Waals surface area contributed by atoms with E-state index in [2.05, 4.69) is 19.1 Å². The summed E-state index contributed by atoms with van der Waals surface area (Å²) in [5, 5.41) is 0. The molecule has 0 radical (unpaired) electrons. The fourth-order valence-electron chi connectivity index (χ4n) is 6.41. The molecule has 0 bridgehead atoms. The Balaban J connectivity index is 1.27. The zero-order valence-corrected chi connectivity index (χ0v) is 17.5.